The Labute approximate surface area is 122 Å². The number of benzene rings is 1. The fourth-order valence-electron chi connectivity index (χ4n) is 1.80. The summed E-state index contributed by atoms with van der Waals surface area (Å²) in [6.07, 6.45) is -2.98. The van der Waals surface area contributed by atoms with Crippen LogP contribution < -0.4 is 5.32 Å². The maximum absolute atomic E-state index is 12.8. The Morgan fingerprint density at radius 3 is 2.33 bits per heavy atom. The zero-order chi connectivity index (χ0) is 15.9. The summed E-state index contributed by atoms with van der Waals surface area (Å²) in [6.45, 7) is 3.44. The Balaban J connectivity index is 2.51. The van der Waals surface area contributed by atoms with Gasteiger partial charge in [-0.05, 0) is 24.1 Å². The minimum atomic E-state index is -4.10. The molecule has 2 nitrogen and oxygen atoms in total. The highest BCUT2D eigenvalue weighted by Crippen LogP contribution is 2.23. The second-order valence-electron chi connectivity index (χ2n) is 5.18. The summed E-state index contributed by atoms with van der Waals surface area (Å²) in [5, 5.41) is 3.26. The van der Waals surface area contributed by atoms with E-state index >= 15 is 0 Å². The zero-order valence-electron chi connectivity index (χ0n) is 12.2. The van der Waals surface area contributed by atoms with Crippen LogP contribution in [0.5, 0.6) is 0 Å². The molecule has 0 spiro atoms. The zero-order valence-corrected chi connectivity index (χ0v) is 12.2. The van der Waals surface area contributed by atoms with Gasteiger partial charge in [-0.3, -0.25) is 0 Å². The van der Waals surface area contributed by atoms with Crippen molar-refractivity contribution in [2.45, 2.75) is 45.3 Å². The molecule has 0 bridgehead atoms. The van der Waals surface area contributed by atoms with Gasteiger partial charge in [-0.15, -0.1) is 0 Å². The molecule has 0 aliphatic heterocycles. The first-order valence-electron chi connectivity index (χ1n) is 6.87. The van der Waals surface area contributed by atoms with Crippen LogP contribution in [0, 0.1) is 0 Å². The van der Waals surface area contributed by atoms with E-state index in [4.69, 9.17) is 4.74 Å². The third-order valence-electron chi connectivity index (χ3n) is 2.94. The van der Waals surface area contributed by atoms with E-state index in [2.05, 4.69) is 5.32 Å². The first-order valence-corrected chi connectivity index (χ1v) is 6.87. The van der Waals surface area contributed by atoms with E-state index in [1.165, 1.54) is 0 Å². The van der Waals surface area contributed by atoms with Crippen molar-refractivity contribution in [3.05, 3.63) is 35.4 Å². The van der Waals surface area contributed by atoms with Gasteiger partial charge < -0.3 is 10.1 Å². The van der Waals surface area contributed by atoms with Gasteiger partial charge in [0.15, 0.2) is 0 Å². The maximum Gasteiger partial charge on any atom is 0.330 e. The maximum atomic E-state index is 12.8. The molecule has 21 heavy (non-hydrogen) atoms. The number of ether oxygens (including phenoxy) is 1. The predicted molar refractivity (Wildman–Crippen MR) is 73.9 cm³/mol. The van der Waals surface area contributed by atoms with Crippen LogP contribution in [0.15, 0.2) is 24.3 Å². The average Bonchev–Trinajstić information content (AvgIpc) is 2.39. The SMILES string of the molecule is CC(C)NCCc1ccccc1COCC(F)(F)C(F)F. The molecule has 0 fully saturated rings. The number of halogens is 4. The normalized spacial score (nSPS) is 12.4. The van der Waals surface area contributed by atoms with Gasteiger partial charge in [0, 0.05) is 6.04 Å². The fraction of sp³-hybridized carbons (Fsp3) is 0.600. The highest BCUT2D eigenvalue weighted by atomic mass is 19.3. The molecular formula is C15H21F4NO. The molecule has 6 heteroatoms. The van der Waals surface area contributed by atoms with Crippen molar-refractivity contribution < 1.29 is 22.3 Å². The Hall–Kier alpha value is -1.14. The van der Waals surface area contributed by atoms with Gasteiger partial charge in [0.2, 0.25) is 0 Å². The van der Waals surface area contributed by atoms with Crippen molar-refractivity contribution in [1.29, 1.82) is 0 Å². The summed E-state index contributed by atoms with van der Waals surface area (Å²) in [7, 11) is 0. The highest BCUT2D eigenvalue weighted by Gasteiger charge is 2.40. The minimum absolute atomic E-state index is 0.0971. The van der Waals surface area contributed by atoms with Gasteiger partial charge in [0.25, 0.3) is 0 Å². The highest BCUT2D eigenvalue weighted by molar-refractivity contribution is 5.26. The van der Waals surface area contributed by atoms with Gasteiger partial charge in [0.05, 0.1) is 6.61 Å². The molecule has 0 aliphatic rings. The van der Waals surface area contributed by atoms with Crippen molar-refractivity contribution >= 4 is 0 Å². The van der Waals surface area contributed by atoms with Gasteiger partial charge in [-0.1, -0.05) is 38.1 Å². The summed E-state index contributed by atoms with van der Waals surface area (Å²) in [6, 6.07) is 7.61. The van der Waals surface area contributed by atoms with Crippen LogP contribution in [-0.2, 0) is 17.8 Å². The molecule has 120 valence electrons. The minimum Gasteiger partial charge on any atom is -0.370 e. The smallest absolute Gasteiger partial charge is 0.330 e. The molecule has 1 aromatic rings. The van der Waals surface area contributed by atoms with Crippen LogP contribution >= 0.6 is 0 Å². The van der Waals surface area contributed by atoms with E-state index in [-0.39, 0.29) is 6.61 Å². The number of hydrogen-bond acceptors (Lipinski definition) is 2. The summed E-state index contributed by atoms with van der Waals surface area (Å²) in [4.78, 5) is 0. The lowest BCUT2D eigenvalue weighted by atomic mass is 10.1. The first-order chi connectivity index (χ1) is 9.83. The molecule has 0 saturated carbocycles. The average molecular weight is 307 g/mol. The van der Waals surface area contributed by atoms with E-state index in [0.717, 1.165) is 24.1 Å². The molecule has 0 unspecified atom stereocenters. The molecule has 0 atom stereocenters. The second-order valence-corrected chi connectivity index (χ2v) is 5.18. The second kappa shape index (κ2) is 8.34. The molecule has 0 amide bonds. The molecule has 0 aromatic heterocycles. The van der Waals surface area contributed by atoms with Crippen LogP contribution in [0.4, 0.5) is 17.6 Å². The summed E-state index contributed by atoms with van der Waals surface area (Å²) < 4.78 is 54.3. The van der Waals surface area contributed by atoms with E-state index in [9.17, 15) is 17.6 Å². The monoisotopic (exact) mass is 307 g/mol. The molecular weight excluding hydrogens is 286 g/mol. The van der Waals surface area contributed by atoms with Crippen molar-refractivity contribution in [3.8, 4) is 0 Å². The molecule has 0 radical (unpaired) electrons. The molecule has 0 heterocycles. The topological polar surface area (TPSA) is 21.3 Å². The van der Waals surface area contributed by atoms with Gasteiger partial charge in [0.1, 0.15) is 6.61 Å². The lowest BCUT2D eigenvalue weighted by Crippen LogP contribution is -2.32. The van der Waals surface area contributed by atoms with Crippen LogP contribution in [-0.4, -0.2) is 31.5 Å². The van der Waals surface area contributed by atoms with Crippen LogP contribution in [0.2, 0.25) is 0 Å². The van der Waals surface area contributed by atoms with Gasteiger partial charge in [-0.2, -0.15) is 8.78 Å². The molecule has 1 rings (SSSR count). The van der Waals surface area contributed by atoms with Crippen LogP contribution in [0.3, 0.4) is 0 Å². The quantitative estimate of drug-likeness (QED) is 0.703. The van der Waals surface area contributed by atoms with Gasteiger partial charge in [-0.25, -0.2) is 8.78 Å². The third kappa shape index (κ3) is 6.44. The third-order valence-corrected chi connectivity index (χ3v) is 2.94. The van der Waals surface area contributed by atoms with Crippen molar-refractivity contribution in [3.63, 3.8) is 0 Å². The number of alkyl halides is 4. The number of nitrogens with one attached hydrogen (secondary N) is 1. The Morgan fingerprint density at radius 1 is 1.14 bits per heavy atom. The molecule has 0 aliphatic carbocycles. The predicted octanol–water partition coefficient (Wildman–Crippen LogP) is 3.64. The lowest BCUT2D eigenvalue weighted by molar-refractivity contribution is -0.168. The molecule has 1 aromatic carbocycles. The fourth-order valence-corrected chi connectivity index (χ4v) is 1.80. The van der Waals surface area contributed by atoms with E-state index in [1.54, 1.807) is 12.1 Å². The lowest BCUT2D eigenvalue weighted by Gasteiger charge is -2.16. The first kappa shape index (κ1) is 17.9. The van der Waals surface area contributed by atoms with E-state index in [0.29, 0.717) is 6.04 Å². The van der Waals surface area contributed by atoms with Crippen molar-refractivity contribution in [2.75, 3.05) is 13.2 Å². The number of hydrogen-bond donors (Lipinski definition) is 1. The van der Waals surface area contributed by atoms with Crippen molar-refractivity contribution in [2.24, 2.45) is 0 Å². The standard InChI is InChI=1S/C15H21F4NO/c1-11(2)20-8-7-12-5-3-4-6-13(12)9-21-10-15(18,19)14(16)17/h3-6,11,14,20H,7-10H2,1-2H3. The number of rotatable bonds is 9. The van der Waals surface area contributed by atoms with Crippen LogP contribution in [0.25, 0.3) is 0 Å². The summed E-state index contributed by atoms with van der Waals surface area (Å²) in [5.41, 5.74) is 1.71. The summed E-state index contributed by atoms with van der Waals surface area (Å²) in [5.74, 6) is -4.10. The van der Waals surface area contributed by atoms with Gasteiger partial charge >= 0.3 is 12.3 Å². The van der Waals surface area contributed by atoms with Crippen LogP contribution in [0.1, 0.15) is 25.0 Å². The van der Waals surface area contributed by atoms with E-state index < -0.39 is 19.0 Å². The Bertz CT molecular complexity index is 424. The largest absolute Gasteiger partial charge is 0.370 e. The molecule has 1 N–H and O–H groups in total. The van der Waals surface area contributed by atoms with Crippen molar-refractivity contribution in [1.82, 2.24) is 5.32 Å². The molecule has 0 saturated heterocycles. The summed E-state index contributed by atoms with van der Waals surface area (Å²) >= 11 is 0. The Morgan fingerprint density at radius 2 is 1.76 bits per heavy atom. The van der Waals surface area contributed by atoms with E-state index in [1.807, 2.05) is 26.0 Å². The Kier molecular flexibility index (Phi) is 7.11.